The van der Waals surface area contributed by atoms with Crippen LogP contribution in [-0.4, -0.2) is 138 Å². The molecule has 18 nitrogen and oxygen atoms in total. The number of nitrogens with one attached hydrogen (secondary N) is 2. The molecule has 0 saturated carbocycles. The predicted molar refractivity (Wildman–Crippen MR) is 314 cm³/mol. The number of hydrogen-bond donors (Lipinski definition) is 2. The summed E-state index contributed by atoms with van der Waals surface area (Å²) in [5.41, 5.74) is 11.2. The lowest BCUT2D eigenvalue weighted by atomic mass is 9.95. The molecule has 420 valence electrons. The standard InChI is InChI=1S/2C26H30BrClN6O3S.2CH4/c1-17-14-32(16-31-17)8-7-29-26(35)23-15-33(9-10-34(23)36-37-38-2)25-22-6-5-21(28)12-18(22)3-4-19-11-20(27)13-30-24(19)25;1-17-13-29-16-33(17)8-7-30-26(35)23-15-32(9-10-34(23)36-37-38-2)25-22-6-5-21(28)12-18(22)3-4-19-11-20(27)14-31-24(19)25;;/h5-6,11-14,16,23,25H,3-4,7-10,15H2,1-2H3,(H,29,35);5-6,11-14,16,23,25H,3-4,7-10,15H2,1-2H3,(H,30,35);2*1H4/t2*23-,25?;;/m11../s1. The number of carbonyl (C=O) groups is 2. The average Bonchev–Trinajstić information content (AvgIpc) is 3.98. The second-order valence-electron chi connectivity index (χ2n) is 18.9. The molecule has 4 aliphatic rings. The van der Waals surface area contributed by atoms with Crippen LogP contribution >= 0.6 is 79.1 Å². The number of hydroxylamine groups is 4. The molecule has 0 radical (unpaired) electrons. The Labute approximate surface area is 493 Å². The minimum atomic E-state index is -0.572. The molecule has 6 aromatic rings. The predicted octanol–water partition coefficient (Wildman–Crippen LogP) is 9.54. The summed E-state index contributed by atoms with van der Waals surface area (Å²) in [6.45, 7) is 9.36. The Morgan fingerprint density at radius 1 is 0.654 bits per heavy atom. The van der Waals surface area contributed by atoms with Crippen LogP contribution in [0.2, 0.25) is 10.0 Å². The molecule has 2 aromatic carbocycles. The molecular weight excluding hydrogens is 1210 g/mol. The molecule has 10 rings (SSSR count). The number of aryl methyl sites for hydroxylation is 6. The van der Waals surface area contributed by atoms with Crippen LogP contribution in [0.25, 0.3) is 0 Å². The van der Waals surface area contributed by atoms with Crippen molar-refractivity contribution in [2.45, 2.75) is 91.6 Å². The van der Waals surface area contributed by atoms with Gasteiger partial charge in [0.1, 0.15) is 12.1 Å². The lowest BCUT2D eigenvalue weighted by Crippen LogP contribution is -2.59. The van der Waals surface area contributed by atoms with Crippen molar-refractivity contribution in [2.75, 3.05) is 64.9 Å². The summed E-state index contributed by atoms with van der Waals surface area (Å²) in [5.74, 6) is -0.240. The van der Waals surface area contributed by atoms with Crippen LogP contribution in [0.15, 0.2) is 94.9 Å². The van der Waals surface area contributed by atoms with Crippen LogP contribution in [0.1, 0.15) is 83.1 Å². The summed E-state index contributed by atoms with van der Waals surface area (Å²) in [7, 11) is 0. The maximum absolute atomic E-state index is 13.5. The molecule has 78 heavy (non-hydrogen) atoms. The third kappa shape index (κ3) is 15.1. The maximum atomic E-state index is 13.5. The Morgan fingerprint density at radius 2 is 1.14 bits per heavy atom. The minimum Gasteiger partial charge on any atom is -0.353 e. The number of imidazole rings is 2. The average molecular weight is 1280 g/mol. The van der Waals surface area contributed by atoms with E-state index in [2.05, 4.69) is 98.7 Å². The third-order valence-electron chi connectivity index (χ3n) is 14.0. The highest BCUT2D eigenvalue weighted by Crippen LogP contribution is 2.40. The van der Waals surface area contributed by atoms with Crippen molar-refractivity contribution in [1.82, 2.24) is 59.6 Å². The van der Waals surface area contributed by atoms with Gasteiger partial charge in [-0.3, -0.25) is 29.4 Å². The third-order valence-corrected chi connectivity index (χ3v) is 15.8. The Balaban J connectivity index is 0.000000220. The zero-order valence-corrected chi connectivity index (χ0v) is 48.9. The molecule has 2 fully saturated rings. The SMILES string of the molecule is C.C.CSOON1CCN(C2c3ccc(Cl)cc3CCc3cc(Br)cnc32)C[C@@H]1C(=O)NCCn1cnc(C)c1.CSOON1CCN(C2c3ccc(Cl)cc3CCc3cc(Br)cnc32)C[C@@H]1C(=O)NCCn1cncc1C. The number of benzene rings is 2. The Kier molecular flexibility index (Phi) is 23.0. The minimum absolute atomic E-state index is 0. The molecule has 4 atom stereocenters. The molecule has 2 aliphatic heterocycles. The molecule has 2 amide bonds. The first-order chi connectivity index (χ1) is 36.9. The van der Waals surface area contributed by atoms with E-state index in [4.69, 9.17) is 51.8 Å². The van der Waals surface area contributed by atoms with E-state index in [-0.39, 0.29) is 38.8 Å². The van der Waals surface area contributed by atoms with E-state index in [1.165, 1.54) is 33.4 Å². The normalized spacial score (nSPS) is 19.5. The topological polar surface area (TPSA) is 170 Å². The first-order valence-corrected chi connectivity index (χ1v) is 29.6. The van der Waals surface area contributed by atoms with Gasteiger partial charge in [-0.15, -0.1) is 28.8 Å². The number of nitrogens with zero attached hydrogens (tertiary/aromatic N) is 10. The van der Waals surface area contributed by atoms with Crippen molar-refractivity contribution in [3.05, 3.63) is 161 Å². The van der Waals surface area contributed by atoms with Crippen molar-refractivity contribution in [3.8, 4) is 0 Å². The van der Waals surface area contributed by atoms with Crippen LogP contribution < -0.4 is 10.6 Å². The van der Waals surface area contributed by atoms with Crippen molar-refractivity contribution < 1.29 is 28.2 Å². The van der Waals surface area contributed by atoms with E-state index < -0.39 is 12.1 Å². The van der Waals surface area contributed by atoms with Gasteiger partial charge in [0.05, 0.1) is 41.8 Å². The van der Waals surface area contributed by atoms with E-state index in [9.17, 15) is 9.59 Å². The fourth-order valence-electron chi connectivity index (χ4n) is 10.4. The molecule has 0 bridgehead atoms. The highest BCUT2D eigenvalue weighted by atomic mass is 79.9. The maximum Gasteiger partial charge on any atom is 0.241 e. The number of halogens is 4. The van der Waals surface area contributed by atoms with E-state index in [1.807, 2.05) is 53.7 Å². The second kappa shape index (κ2) is 29.1. The molecule has 2 unspecified atom stereocenters. The highest BCUT2D eigenvalue weighted by Gasteiger charge is 2.42. The summed E-state index contributed by atoms with van der Waals surface area (Å²) >= 11 is 22.2. The fourth-order valence-corrected chi connectivity index (χ4v) is 11.8. The van der Waals surface area contributed by atoms with E-state index >= 15 is 0 Å². The Bertz CT molecular complexity index is 2870. The molecule has 2 N–H and O–H groups in total. The zero-order valence-electron chi connectivity index (χ0n) is 42.5. The number of carbonyl (C=O) groups excluding carboxylic acids is 2. The van der Waals surface area contributed by atoms with E-state index in [0.717, 1.165) is 91.5 Å². The molecule has 0 spiro atoms. The lowest BCUT2D eigenvalue weighted by molar-refractivity contribution is -0.376. The van der Waals surface area contributed by atoms with Gasteiger partial charge >= 0.3 is 0 Å². The largest absolute Gasteiger partial charge is 0.353 e. The van der Waals surface area contributed by atoms with Gasteiger partial charge in [0.25, 0.3) is 0 Å². The Hall–Kier alpha value is -3.98. The van der Waals surface area contributed by atoms with Gasteiger partial charge < -0.3 is 19.8 Å². The van der Waals surface area contributed by atoms with Crippen LogP contribution in [-0.2, 0) is 67.0 Å². The van der Waals surface area contributed by atoms with Crippen LogP contribution in [0, 0.1) is 13.8 Å². The van der Waals surface area contributed by atoms with Gasteiger partial charge in [-0.1, -0.05) is 50.2 Å². The van der Waals surface area contributed by atoms with Crippen molar-refractivity contribution >= 4 is 91.0 Å². The summed E-state index contributed by atoms with van der Waals surface area (Å²) < 4.78 is 16.2. The fraction of sp³-hybridized carbons (Fsp3) is 0.444. The Morgan fingerprint density at radius 3 is 1.59 bits per heavy atom. The van der Waals surface area contributed by atoms with E-state index in [1.54, 1.807) is 41.5 Å². The number of pyridine rings is 2. The van der Waals surface area contributed by atoms with Crippen LogP contribution in [0.3, 0.4) is 0 Å². The quantitative estimate of drug-likeness (QED) is 0.0533. The summed E-state index contributed by atoms with van der Waals surface area (Å²) in [5, 5.41) is 10.8. The van der Waals surface area contributed by atoms with Gasteiger partial charge in [0.15, 0.2) is 0 Å². The van der Waals surface area contributed by atoms with Crippen molar-refractivity contribution in [1.29, 1.82) is 0 Å². The van der Waals surface area contributed by atoms with Gasteiger partial charge in [-0.2, -0.15) is 0 Å². The summed E-state index contributed by atoms with van der Waals surface area (Å²) in [6.07, 6.45) is 18.0. The first-order valence-electron chi connectivity index (χ1n) is 25.0. The van der Waals surface area contributed by atoms with Gasteiger partial charge in [0.2, 0.25) is 11.8 Å². The number of hydrogen-bond acceptors (Lipinski definition) is 16. The second-order valence-corrected chi connectivity index (χ2v) is 22.5. The lowest BCUT2D eigenvalue weighted by Gasteiger charge is -2.42. The number of amides is 2. The number of fused-ring (bicyclic) bond motifs is 4. The number of rotatable bonds is 16. The molecular formula is C54H68Br2Cl2N12O6S2. The number of aromatic nitrogens is 6. The summed E-state index contributed by atoms with van der Waals surface area (Å²) in [4.78, 5) is 60.8. The van der Waals surface area contributed by atoms with Crippen molar-refractivity contribution in [3.63, 3.8) is 0 Å². The van der Waals surface area contributed by atoms with E-state index in [0.29, 0.717) is 65.4 Å². The molecule has 24 heteroatoms. The molecule has 2 saturated heterocycles. The highest BCUT2D eigenvalue weighted by molar-refractivity contribution is 9.10. The molecule has 6 heterocycles. The van der Waals surface area contributed by atoms with Gasteiger partial charge in [-0.25, -0.2) is 9.97 Å². The first kappa shape index (κ1) is 61.6. The van der Waals surface area contributed by atoms with Crippen LogP contribution in [0.4, 0.5) is 0 Å². The van der Waals surface area contributed by atoms with Gasteiger partial charge in [0, 0.05) is 152 Å². The van der Waals surface area contributed by atoms with Gasteiger partial charge in [-0.05, 0) is 141 Å². The smallest absolute Gasteiger partial charge is 0.241 e. The molecule has 2 aliphatic carbocycles. The summed E-state index contributed by atoms with van der Waals surface area (Å²) in [6, 6.07) is 15.1. The monoisotopic (exact) mass is 1270 g/mol. The zero-order chi connectivity index (χ0) is 53.3. The van der Waals surface area contributed by atoms with Crippen LogP contribution in [0.5, 0.6) is 0 Å². The van der Waals surface area contributed by atoms with Crippen molar-refractivity contribution in [2.24, 2.45) is 0 Å². The number of piperazine rings is 2. The molecule has 4 aromatic heterocycles.